The first-order chi connectivity index (χ1) is 9.77. The van der Waals surface area contributed by atoms with Crippen LogP contribution in [0.25, 0.3) is 0 Å². The maximum Gasteiger partial charge on any atom is 0.323 e. The van der Waals surface area contributed by atoms with Gasteiger partial charge in [0.1, 0.15) is 13.1 Å². The average Bonchev–Trinajstić information content (AvgIpc) is 2.84. The Morgan fingerprint density at radius 1 is 1.05 bits per heavy atom. The van der Waals surface area contributed by atoms with Crippen molar-refractivity contribution in [2.24, 2.45) is 0 Å². The summed E-state index contributed by atoms with van der Waals surface area (Å²) in [5.74, 6) is -2.48. The lowest BCUT2D eigenvalue weighted by atomic mass is 9.96. The predicted molar refractivity (Wildman–Crippen MR) is 75.1 cm³/mol. The molecule has 0 aromatic heterocycles. The summed E-state index contributed by atoms with van der Waals surface area (Å²) in [7, 11) is 3.90. The molecule has 1 aliphatic rings. The number of hydrogen-bond donors (Lipinski definition) is 3. The highest BCUT2D eigenvalue weighted by Gasteiger charge is 2.36. The van der Waals surface area contributed by atoms with Gasteiger partial charge in [-0.3, -0.25) is 9.59 Å². The second-order valence-corrected chi connectivity index (χ2v) is 5.63. The van der Waals surface area contributed by atoms with Crippen LogP contribution in [0.3, 0.4) is 0 Å². The van der Waals surface area contributed by atoms with Crippen molar-refractivity contribution in [3.63, 3.8) is 0 Å². The van der Waals surface area contributed by atoms with Gasteiger partial charge in [0.05, 0.1) is 0 Å². The first-order valence-electron chi connectivity index (χ1n) is 6.91. The Morgan fingerprint density at radius 3 is 1.90 bits per heavy atom. The summed E-state index contributed by atoms with van der Waals surface area (Å²) in [6.07, 6.45) is 4.08. The number of nitrogens with one attached hydrogen (secondary N) is 1. The average molecular weight is 301 g/mol. The molecule has 0 bridgehead atoms. The van der Waals surface area contributed by atoms with Crippen molar-refractivity contribution in [2.45, 2.75) is 31.2 Å². The number of rotatable bonds is 7. The maximum atomic E-state index is 12.0. The molecule has 0 aliphatic heterocycles. The summed E-state index contributed by atoms with van der Waals surface area (Å²) in [4.78, 5) is 36.3. The number of nitrogens with zero attached hydrogens (tertiary/aromatic N) is 2. The largest absolute Gasteiger partial charge is 0.480 e. The Kier molecular flexibility index (Phi) is 5.95. The van der Waals surface area contributed by atoms with E-state index < -0.39 is 31.1 Å². The van der Waals surface area contributed by atoms with Crippen LogP contribution < -0.4 is 5.32 Å². The Hall–Kier alpha value is -1.83. The molecule has 1 rings (SSSR count). The first-order valence-corrected chi connectivity index (χ1v) is 6.91. The monoisotopic (exact) mass is 301 g/mol. The Morgan fingerprint density at radius 2 is 1.52 bits per heavy atom. The lowest BCUT2D eigenvalue weighted by Gasteiger charge is -2.37. The normalized spacial score (nSPS) is 16.7. The van der Waals surface area contributed by atoms with Crippen molar-refractivity contribution in [3.05, 3.63) is 0 Å². The lowest BCUT2D eigenvalue weighted by molar-refractivity contribution is -0.140. The summed E-state index contributed by atoms with van der Waals surface area (Å²) < 4.78 is 0. The van der Waals surface area contributed by atoms with E-state index in [1.165, 1.54) is 0 Å². The van der Waals surface area contributed by atoms with Crippen LogP contribution in [-0.4, -0.2) is 77.3 Å². The van der Waals surface area contributed by atoms with Crippen LogP contribution in [0.15, 0.2) is 0 Å². The smallest absolute Gasteiger partial charge is 0.323 e. The first kappa shape index (κ1) is 17.2. The number of amides is 2. The number of carbonyl (C=O) groups excluding carboxylic acids is 1. The fourth-order valence-corrected chi connectivity index (χ4v) is 2.69. The second-order valence-electron chi connectivity index (χ2n) is 5.63. The molecule has 21 heavy (non-hydrogen) atoms. The summed E-state index contributed by atoms with van der Waals surface area (Å²) in [5, 5.41) is 20.2. The zero-order valence-corrected chi connectivity index (χ0v) is 12.5. The van der Waals surface area contributed by atoms with Crippen LogP contribution in [0.4, 0.5) is 4.79 Å². The summed E-state index contributed by atoms with van der Waals surface area (Å²) >= 11 is 0. The van der Waals surface area contributed by atoms with E-state index in [0.29, 0.717) is 6.54 Å². The van der Waals surface area contributed by atoms with Crippen molar-refractivity contribution in [2.75, 3.05) is 33.7 Å². The minimum Gasteiger partial charge on any atom is -0.480 e. The summed E-state index contributed by atoms with van der Waals surface area (Å²) in [6.45, 7) is -0.880. The zero-order valence-electron chi connectivity index (χ0n) is 12.5. The highest BCUT2D eigenvalue weighted by Crippen LogP contribution is 2.33. The minimum absolute atomic E-state index is 0.131. The Labute approximate surface area is 123 Å². The van der Waals surface area contributed by atoms with Crippen molar-refractivity contribution >= 4 is 18.0 Å². The van der Waals surface area contributed by atoms with E-state index in [2.05, 4.69) is 10.2 Å². The van der Waals surface area contributed by atoms with Crippen molar-refractivity contribution in [3.8, 4) is 0 Å². The second kappa shape index (κ2) is 7.26. The highest BCUT2D eigenvalue weighted by molar-refractivity contribution is 5.84. The molecule has 8 heteroatoms. The number of likely N-dealkylation sites (N-methyl/N-ethyl adjacent to an activating group) is 1. The van der Waals surface area contributed by atoms with E-state index in [1.54, 1.807) is 0 Å². The number of urea groups is 1. The van der Waals surface area contributed by atoms with Gasteiger partial charge in [0.15, 0.2) is 0 Å². The molecule has 120 valence electrons. The molecular formula is C13H23N3O5. The standard InChI is InChI=1S/C13H23N3O5/c1-15(2)13(5-3-4-6-13)9-14-12(21)16(7-10(17)18)8-11(19)20/h3-9H2,1-2H3,(H,14,21)(H,17,18)(H,19,20). The van der Waals surface area contributed by atoms with Crippen LogP contribution in [0.2, 0.25) is 0 Å². The third-order valence-corrected chi connectivity index (χ3v) is 3.99. The van der Waals surface area contributed by atoms with Crippen LogP contribution in [0.5, 0.6) is 0 Å². The molecule has 1 saturated carbocycles. The zero-order chi connectivity index (χ0) is 16.0. The van der Waals surface area contributed by atoms with Gasteiger partial charge in [0.2, 0.25) is 0 Å². The van der Waals surface area contributed by atoms with Crippen LogP contribution in [0.1, 0.15) is 25.7 Å². The van der Waals surface area contributed by atoms with Gasteiger partial charge in [-0.25, -0.2) is 4.79 Å². The van der Waals surface area contributed by atoms with Gasteiger partial charge in [-0.15, -0.1) is 0 Å². The van der Waals surface area contributed by atoms with Crippen molar-refractivity contribution in [1.82, 2.24) is 15.1 Å². The minimum atomic E-state index is -1.24. The molecule has 0 atom stereocenters. The quantitative estimate of drug-likeness (QED) is 0.612. The van der Waals surface area contributed by atoms with Gasteiger partial charge in [-0.1, -0.05) is 12.8 Å². The van der Waals surface area contributed by atoms with Gasteiger partial charge in [0.25, 0.3) is 0 Å². The third-order valence-electron chi connectivity index (χ3n) is 3.99. The van der Waals surface area contributed by atoms with Crippen LogP contribution >= 0.6 is 0 Å². The molecular weight excluding hydrogens is 278 g/mol. The van der Waals surface area contributed by atoms with Gasteiger partial charge in [0, 0.05) is 12.1 Å². The fraction of sp³-hybridized carbons (Fsp3) is 0.769. The molecule has 0 unspecified atom stereocenters. The van der Waals surface area contributed by atoms with Crippen LogP contribution in [-0.2, 0) is 9.59 Å². The molecule has 0 saturated heterocycles. The lowest BCUT2D eigenvalue weighted by Crippen LogP contribution is -2.54. The molecule has 1 aliphatic carbocycles. The number of aliphatic carboxylic acids is 2. The van der Waals surface area contributed by atoms with E-state index in [-0.39, 0.29) is 5.54 Å². The van der Waals surface area contributed by atoms with E-state index in [1.807, 2.05) is 14.1 Å². The van der Waals surface area contributed by atoms with E-state index in [4.69, 9.17) is 10.2 Å². The Bertz CT molecular complexity index is 389. The molecule has 0 heterocycles. The van der Waals surface area contributed by atoms with Crippen molar-refractivity contribution in [1.29, 1.82) is 0 Å². The van der Waals surface area contributed by atoms with Crippen molar-refractivity contribution < 1.29 is 24.6 Å². The molecule has 2 amide bonds. The number of carbonyl (C=O) groups is 3. The molecule has 8 nitrogen and oxygen atoms in total. The van der Waals surface area contributed by atoms with E-state index in [9.17, 15) is 14.4 Å². The number of carboxylic acids is 2. The molecule has 0 aromatic rings. The van der Waals surface area contributed by atoms with Gasteiger partial charge in [-0.05, 0) is 26.9 Å². The summed E-state index contributed by atoms with van der Waals surface area (Å²) in [5.41, 5.74) is -0.131. The summed E-state index contributed by atoms with van der Waals surface area (Å²) in [6, 6.07) is -0.659. The highest BCUT2D eigenvalue weighted by atomic mass is 16.4. The fourth-order valence-electron chi connectivity index (χ4n) is 2.69. The van der Waals surface area contributed by atoms with Gasteiger partial charge < -0.3 is 25.3 Å². The maximum absolute atomic E-state index is 12.0. The Balaban J connectivity index is 2.63. The van der Waals surface area contributed by atoms with E-state index >= 15 is 0 Å². The van der Waals surface area contributed by atoms with Gasteiger partial charge >= 0.3 is 18.0 Å². The van der Waals surface area contributed by atoms with Crippen LogP contribution in [0, 0.1) is 0 Å². The number of carboxylic acid groups (broad SMARTS) is 2. The third kappa shape index (κ3) is 4.89. The van der Waals surface area contributed by atoms with E-state index in [0.717, 1.165) is 30.6 Å². The molecule has 3 N–H and O–H groups in total. The molecule has 1 fully saturated rings. The SMILES string of the molecule is CN(C)C1(CNC(=O)N(CC(=O)O)CC(=O)O)CCCC1. The topological polar surface area (TPSA) is 110 Å². The van der Waals surface area contributed by atoms with Gasteiger partial charge in [-0.2, -0.15) is 0 Å². The molecule has 0 radical (unpaired) electrons. The predicted octanol–water partition coefficient (Wildman–Crippen LogP) is 0.0416. The molecule has 0 spiro atoms. The number of hydrogen-bond acceptors (Lipinski definition) is 4. The molecule has 0 aromatic carbocycles.